The zero-order chi connectivity index (χ0) is 16.9. The number of nitrogens with one attached hydrogen (secondary N) is 1. The van der Waals surface area contributed by atoms with E-state index in [9.17, 15) is 4.79 Å². The van der Waals surface area contributed by atoms with Gasteiger partial charge < -0.3 is 10.2 Å². The summed E-state index contributed by atoms with van der Waals surface area (Å²) in [6.45, 7) is 0.292. The topological polar surface area (TPSA) is 88.8 Å². The number of anilines is 1. The molecule has 0 atom stereocenters. The number of rotatable bonds is 5. The summed E-state index contributed by atoms with van der Waals surface area (Å²) in [7, 11) is 3.72. The number of para-hydroxylation sites is 1. The third-order valence-electron chi connectivity index (χ3n) is 3.24. The maximum Gasteiger partial charge on any atom is 0.273 e. The van der Waals surface area contributed by atoms with Crippen LogP contribution >= 0.6 is 0 Å². The van der Waals surface area contributed by atoms with E-state index in [1.54, 1.807) is 17.2 Å². The summed E-state index contributed by atoms with van der Waals surface area (Å²) in [5, 5.41) is 11.1. The van der Waals surface area contributed by atoms with Gasteiger partial charge >= 0.3 is 0 Å². The van der Waals surface area contributed by atoms with Crippen LogP contribution in [0.4, 0.5) is 5.95 Å². The molecule has 1 N–H and O–H groups in total. The lowest BCUT2D eigenvalue weighted by Crippen LogP contribution is -2.24. The number of aromatic nitrogens is 5. The van der Waals surface area contributed by atoms with Gasteiger partial charge in [-0.05, 0) is 18.2 Å². The lowest BCUT2D eigenvalue weighted by atomic mass is 10.3. The highest BCUT2D eigenvalue weighted by molar-refractivity contribution is 5.91. The van der Waals surface area contributed by atoms with Crippen molar-refractivity contribution in [3.05, 3.63) is 60.2 Å². The van der Waals surface area contributed by atoms with Gasteiger partial charge in [0.15, 0.2) is 5.69 Å². The Balaban J connectivity index is 1.66. The van der Waals surface area contributed by atoms with Gasteiger partial charge in [0.25, 0.3) is 5.91 Å². The van der Waals surface area contributed by atoms with Gasteiger partial charge in [-0.25, -0.2) is 9.97 Å². The van der Waals surface area contributed by atoms with Gasteiger partial charge in [0.05, 0.1) is 24.1 Å². The van der Waals surface area contributed by atoms with E-state index in [4.69, 9.17) is 0 Å². The van der Waals surface area contributed by atoms with Crippen molar-refractivity contribution in [1.29, 1.82) is 0 Å². The van der Waals surface area contributed by atoms with Crippen LogP contribution in [0.25, 0.3) is 5.69 Å². The number of carbonyl (C=O) groups is 1. The Morgan fingerprint density at radius 2 is 2.00 bits per heavy atom. The van der Waals surface area contributed by atoms with Gasteiger partial charge in [-0.2, -0.15) is 9.90 Å². The number of amides is 1. The summed E-state index contributed by atoms with van der Waals surface area (Å²) in [6.07, 6.45) is 3.10. The van der Waals surface area contributed by atoms with Gasteiger partial charge in [-0.1, -0.05) is 18.2 Å². The van der Waals surface area contributed by atoms with E-state index in [1.165, 1.54) is 11.0 Å². The van der Waals surface area contributed by atoms with Crippen molar-refractivity contribution in [3.63, 3.8) is 0 Å². The summed E-state index contributed by atoms with van der Waals surface area (Å²) >= 11 is 0. The van der Waals surface area contributed by atoms with E-state index in [1.807, 2.05) is 44.4 Å². The van der Waals surface area contributed by atoms with Crippen molar-refractivity contribution in [2.75, 3.05) is 19.0 Å². The maximum absolute atomic E-state index is 12.2. The number of hydrogen-bond donors (Lipinski definition) is 1. The first-order chi connectivity index (χ1) is 11.6. The Labute approximate surface area is 139 Å². The predicted octanol–water partition coefficient (Wildman–Crippen LogP) is 1.05. The Kier molecular flexibility index (Phi) is 4.46. The SMILES string of the molecule is CN(C)c1nccc(CNC(=O)c2cnn(-c3ccccc3)n2)n1. The monoisotopic (exact) mass is 323 g/mol. The summed E-state index contributed by atoms with van der Waals surface area (Å²) in [6, 6.07) is 11.2. The van der Waals surface area contributed by atoms with Crippen LogP contribution in [0.1, 0.15) is 16.2 Å². The molecule has 2 aromatic heterocycles. The van der Waals surface area contributed by atoms with E-state index < -0.39 is 0 Å². The molecule has 0 aliphatic carbocycles. The van der Waals surface area contributed by atoms with Crippen LogP contribution in [-0.4, -0.2) is 45.0 Å². The molecule has 0 aliphatic rings. The zero-order valence-electron chi connectivity index (χ0n) is 13.4. The first-order valence-electron chi connectivity index (χ1n) is 7.39. The van der Waals surface area contributed by atoms with Crippen molar-refractivity contribution in [1.82, 2.24) is 30.3 Å². The molecule has 1 aromatic carbocycles. The zero-order valence-corrected chi connectivity index (χ0v) is 13.4. The third kappa shape index (κ3) is 3.54. The second-order valence-corrected chi connectivity index (χ2v) is 5.28. The van der Waals surface area contributed by atoms with Crippen LogP contribution in [0.15, 0.2) is 48.8 Å². The van der Waals surface area contributed by atoms with Gasteiger partial charge in [-0.15, -0.1) is 5.10 Å². The van der Waals surface area contributed by atoms with Crippen LogP contribution in [0, 0.1) is 0 Å². The molecule has 0 unspecified atom stereocenters. The molecule has 0 aliphatic heterocycles. The molecule has 0 saturated heterocycles. The van der Waals surface area contributed by atoms with E-state index in [0.29, 0.717) is 12.5 Å². The van der Waals surface area contributed by atoms with Gasteiger partial charge in [0, 0.05) is 20.3 Å². The highest BCUT2D eigenvalue weighted by Crippen LogP contribution is 2.05. The predicted molar refractivity (Wildman–Crippen MR) is 88.9 cm³/mol. The summed E-state index contributed by atoms with van der Waals surface area (Å²) in [4.78, 5) is 23.9. The molecule has 24 heavy (non-hydrogen) atoms. The van der Waals surface area contributed by atoms with Gasteiger partial charge in [0.2, 0.25) is 5.95 Å². The second kappa shape index (κ2) is 6.86. The van der Waals surface area contributed by atoms with Crippen LogP contribution in [-0.2, 0) is 6.54 Å². The van der Waals surface area contributed by atoms with E-state index in [2.05, 4.69) is 25.5 Å². The average Bonchev–Trinajstić information content (AvgIpc) is 3.11. The molecule has 0 spiro atoms. The highest BCUT2D eigenvalue weighted by Gasteiger charge is 2.11. The summed E-state index contributed by atoms with van der Waals surface area (Å²) in [5.74, 6) is 0.291. The Hall–Kier alpha value is -3.29. The van der Waals surface area contributed by atoms with Crippen molar-refractivity contribution in [3.8, 4) is 5.69 Å². The molecule has 3 aromatic rings. The normalized spacial score (nSPS) is 10.4. The number of benzene rings is 1. The largest absolute Gasteiger partial charge is 0.347 e. The van der Waals surface area contributed by atoms with E-state index in [-0.39, 0.29) is 11.6 Å². The van der Waals surface area contributed by atoms with Crippen LogP contribution < -0.4 is 10.2 Å². The Morgan fingerprint density at radius 3 is 2.75 bits per heavy atom. The molecule has 3 rings (SSSR count). The molecule has 1 amide bonds. The van der Waals surface area contributed by atoms with Crippen molar-refractivity contribution >= 4 is 11.9 Å². The standard InChI is InChI=1S/C16H17N7O/c1-22(2)16-17-9-8-12(20-16)10-18-15(24)14-11-19-23(21-14)13-6-4-3-5-7-13/h3-9,11H,10H2,1-2H3,(H,18,24). The van der Waals surface area contributed by atoms with Crippen molar-refractivity contribution < 1.29 is 4.79 Å². The van der Waals surface area contributed by atoms with E-state index in [0.717, 1.165) is 11.4 Å². The minimum Gasteiger partial charge on any atom is -0.347 e. The molecular formula is C16H17N7O. The molecule has 0 radical (unpaired) electrons. The lowest BCUT2D eigenvalue weighted by molar-refractivity contribution is 0.0945. The fourth-order valence-electron chi connectivity index (χ4n) is 2.01. The van der Waals surface area contributed by atoms with Gasteiger partial charge in [-0.3, -0.25) is 4.79 Å². The first-order valence-corrected chi connectivity index (χ1v) is 7.39. The molecule has 8 nitrogen and oxygen atoms in total. The minimum atomic E-state index is -0.304. The third-order valence-corrected chi connectivity index (χ3v) is 3.24. The molecule has 2 heterocycles. The number of hydrogen-bond acceptors (Lipinski definition) is 6. The Morgan fingerprint density at radius 1 is 1.21 bits per heavy atom. The molecule has 0 fully saturated rings. The average molecular weight is 323 g/mol. The minimum absolute atomic E-state index is 0.251. The summed E-state index contributed by atoms with van der Waals surface area (Å²) < 4.78 is 0. The van der Waals surface area contributed by atoms with Gasteiger partial charge in [0.1, 0.15) is 0 Å². The molecular weight excluding hydrogens is 306 g/mol. The van der Waals surface area contributed by atoms with Crippen molar-refractivity contribution in [2.24, 2.45) is 0 Å². The lowest BCUT2D eigenvalue weighted by Gasteiger charge is -2.10. The van der Waals surface area contributed by atoms with Crippen molar-refractivity contribution in [2.45, 2.75) is 6.54 Å². The fourth-order valence-corrected chi connectivity index (χ4v) is 2.01. The van der Waals surface area contributed by atoms with E-state index >= 15 is 0 Å². The second-order valence-electron chi connectivity index (χ2n) is 5.28. The molecule has 0 saturated carbocycles. The Bertz CT molecular complexity index is 829. The van der Waals surface area contributed by atoms with Crippen LogP contribution in [0.3, 0.4) is 0 Å². The smallest absolute Gasteiger partial charge is 0.273 e. The summed E-state index contributed by atoms with van der Waals surface area (Å²) in [5.41, 5.74) is 1.77. The molecule has 122 valence electrons. The van der Waals surface area contributed by atoms with Crippen LogP contribution in [0.2, 0.25) is 0 Å². The fraction of sp³-hybridized carbons (Fsp3) is 0.188. The molecule has 8 heteroatoms. The molecule has 0 bridgehead atoms. The highest BCUT2D eigenvalue weighted by atomic mass is 16.2. The first kappa shape index (κ1) is 15.6. The number of carbonyl (C=O) groups excluding carboxylic acids is 1. The quantitative estimate of drug-likeness (QED) is 0.755. The van der Waals surface area contributed by atoms with Crippen LogP contribution in [0.5, 0.6) is 0 Å². The maximum atomic E-state index is 12.2. The number of nitrogens with zero attached hydrogens (tertiary/aromatic N) is 6.